The highest BCUT2D eigenvalue weighted by Gasteiger charge is 2.24. The maximum atomic E-state index is 13.1. The number of nitrogens with zero attached hydrogens (tertiary/aromatic N) is 3. The topological polar surface area (TPSA) is 95.3 Å². The highest BCUT2D eigenvalue weighted by atomic mass is 35.5. The molecule has 1 N–H and O–H groups in total. The molecule has 0 aliphatic carbocycles. The SMILES string of the molecule is CCOC(=O)c1cnn(-c2cc(C)c3cccc(OC)c3n2)c1NC(=O)c1cc(Cl)ccc1Cl. The number of benzene rings is 2. The standard InChI is InChI=1S/C24H20Cl2N4O4/c1-4-34-24(32)17-12-27-30(22(17)29-23(31)16-11-14(25)8-9-18(16)26)20-10-13(2)15-6-5-7-19(33-3)21(15)28-20/h5-12H,4H2,1-3H3,(H,29,31). The smallest absolute Gasteiger partial charge is 0.343 e. The van der Waals surface area contributed by atoms with Crippen LogP contribution in [0.25, 0.3) is 16.7 Å². The molecule has 0 spiro atoms. The lowest BCUT2D eigenvalue weighted by Crippen LogP contribution is -2.19. The highest BCUT2D eigenvalue weighted by Crippen LogP contribution is 2.30. The number of methoxy groups -OCH3 is 1. The predicted octanol–water partition coefficient (Wildman–Crippen LogP) is 5.47. The van der Waals surface area contributed by atoms with E-state index >= 15 is 0 Å². The minimum Gasteiger partial charge on any atom is -0.494 e. The van der Waals surface area contributed by atoms with Gasteiger partial charge in [0.15, 0.2) is 11.6 Å². The minimum absolute atomic E-state index is 0.0629. The van der Waals surface area contributed by atoms with Crippen LogP contribution in [0.1, 0.15) is 33.2 Å². The van der Waals surface area contributed by atoms with Gasteiger partial charge in [0.25, 0.3) is 5.91 Å². The zero-order valence-corrected chi connectivity index (χ0v) is 20.1. The van der Waals surface area contributed by atoms with Crippen molar-refractivity contribution in [3.8, 4) is 11.6 Å². The number of nitrogens with one attached hydrogen (secondary N) is 1. The molecule has 34 heavy (non-hydrogen) atoms. The molecular weight excluding hydrogens is 479 g/mol. The lowest BCUT2D eigenvalue weighted by Gasteiger charge is -2.14. The first-order valence-corrected chi connectivity index (χ1v) is 11.1. The van der Waals surface area contributed by atoms with Crippen LogP contribution >= 0.6 is 23.2 Å². The third-order valence-corrected chi connectivity index (χ3v) is 5.67. The van der Waals surface area contributed by atoms with Crippen molar-refractivity contribution >= 4 is 51.8 Å². The second kappa shape index (κ2) is 9.70. The van der Waals surface area contributed by atoms with Crippen molar-refractivity contribution in [2.75, 3.05) is 19.0 Å². The van der Waals surface area contributed by atoms with Gasteiger partial charge in [0.05, 0.1) is 30.5 Å². The molecule has 8 nitrogen and oxygen atoms in total. The number of halogens is 2. The molecule has 0 aliphatic rings. The summed E-state index contributed by atoms with van der Waals surface area (Å²) < 4.78 is 12.0. The van der Waals surface area contributed by atoms with Crippen LogP contribution in [0.5, 0.6) is 5.75 Å². The number of hydrogen-bond donors (Lipinski definition) is 1. The van der Waals surface area contributed by atoms with Gasteiger partial charge in [0.1, 0.15) is 16.8 Å². The molecule has 2 heterocycles. The number of fused-ring (bicyclic) bond motifs is 1. The summed E-state index contributed by atoms with van der Waals surface area (Å²) >= 11 is 12.2. The lowest BCUT2D eigenvalue weighted by molar-refractivity contribution is 0.0527. The zero-order valence-electron chi connectivity index (χ0n) is 18.6. The van der Waals surface area contributed by atoms with Crippen molar-refractivity contribution in [1.29, 1.82) is 0 Å². The molecule has 0 saturated carbocycles. The zero-order chi connectivity index (χ0) is 24.4. The highest BCUT2D eigenvalue weighted by molar-refractivity contribution is 6.36. The first-order chi connectivity index (χ1) is 16.3. The molecule has 0 unspecified atom stereocenters. The maximum Gasteiger partial charge on any atom is 0.343 e. The van der Waals surface area contributed by atoms with E-state index < -0.39 is 11.9 Å². The van der Waals surface area contributed by atoms with Crippen molar-refractivity contribution in [3.05, 3.63) is 75.4 Å². The van der Waals surface area contributed by atoms with Crippen LogP contribution in [0.2, 0.25) is 10.0 Å². The van der Waals surface area contributed by atoms with Crippen molar-refractivity contribution in [2.45, 2.75) is 13.8 Å². The van der Waals surface area contributed by atoms with Gasteiger partial charge in [-0.3, -0.25) is 4.79 Å². The number of para-hydroxylation sites is 1. The first kappa shape index (κ1) is 23.5. The molecule has 10 heteroatoms. The van der Waals surface area contributed by atoms with Gasteiger partial charge in [-0.15, -0.1) is 0 Å². The van der Waals surface area contributed by atoms with E-state index in [0.717, 1.165) is 10.9 Å². The molecule has 4 aromatic rings. The molecule has 0 bridgehead atoms. The predicted molar refractivity (Wildman–Crippen MR) is 131 cm³/mol. The molecule has 174 valence electrons. The number of aryl methyl sites for hydroxylation is 1. The van der Waals surface area contributed by atoms with E-state index in [1.165, 1.54) is 23.0 Å². The molecule has 0 atom stereocenters. The van der Waals surface area contributed by atoms with Gasteiger partial charge in [-0.25, -0.2) is 9.78 Å². The van der Waals surface area contributed by atoms with Crippen molar-refractivity contribution < 1.29 is 19.1 Å². The summed E-state index contributed by atoms with van der Waals surface area (Å²) in [7, 11) is 1.56. The third-order valence-electron chi connectivity index (χ3n) is 5.10. The number of anilines is 1. The number of rotatable bonds is 6. The Morgan fingerprint density at radius 1 is 1.12 bits per heavy atom. The Morgan fingerprint density at radius 2 is 1.91 bits per heavy atom. The van der Waals surface area contributed by atoms with Gasteiger partial charge in [0, 0.05) is 10.4 Å². The molecule has 0 saturated heterocycles. The van der Waals surface area contributed by atoms with E-state index in [-0.39, 0.29) is 28.6 Å². The van der Waals surface area contributed by atoms with Crippen molar-refractivity contribution in [2.24, 2.45) is 0 Å². The van der Waals surface area contributed by atoms with E-state index in [4.69, 9.17) is 37.7 Å². The van der Waals surface area contributed by atoms with Gasteiger partial charge in [-0.05, 0) is 49.7 Å². The number of pyridine rings is 1. The van der Waals surface area contributed by atoms with Crippen molar-refractivity contribution in [1.82, 2.24) is 14.8 Å². The number of aromatic nitrogens is 3. The summed E-state index contributed by atoms with van der Waals surface area (Å²) in [5, 5.41) is 8.49. The van der Waals surface area contributed by atoms with Crippen LogP contribution in [0, 0.1) is 6.92 Å². The Labute approximate surface area is 205 Å². The van der Waals surface area contributed by atoms with Crippen LogP contribution in [-0.4, -0.2) is 40.4 Å². The molecule has 2 aromatic heterocycles. The largest absolute Gasteiger partial charge is 0.494 e. The van der Waals surface area contributed by atoms with Crippen LogP contribution in [-0.2, 0) is 4.74 Å². The molecule has 1 amide bonds. The average molecular weight is 499 g/mol. The van der Waals surface area contributed by atoms with Gasteiger partial charge in [-0.2, -0.15) is 9.78 Å². The van der Waals surface area contributed by atoms with E-state index in [1.54, 1.807) is 32.2 Å². The van der Waals surface area contributed by atoms with Gasteiger partial charge in [0.2, 0.25) is 0 Å². The normalized spacial score (nSPS) is 10.9. The van der Waals surface area contributed by atoms with Gasteiger partial charge < -0.3 is 14.8 Å². The number of amides is 1. The second-order valence-corrected chi connectivity index (χ2v) is 8.11. The lowest BCUT2D eigenvalue weighted by atomic mass is 10.1. The van der Waals surface area contributed by atoms with Crippen molar-refractivity contribution in [3.63, 3.8) is 0 Å². The monoisotopic (exact) mass is 498 g/mol. The molecule has 0 aliphatic heterocycles. The minimum atomic E-state index is -0.642. The van der Waals surface area contributed by atoms with E-state index in [0.29, 0.717) is 22.1 Å². The summed E-state index contributed by atoms with van der Waals surface area (Å²) in [4.78, 5) is 30.4. The maximum absolute atomic E-state index is 13.1. The number of esters is 1. The van der Waals surface area contributed by atoms with Crippen LogP contribution < -0.4 is 10.1 Å². The molecule has 4 rings (SSSR count). The summed E-state index contributed by atoms with van der Waals surface area (Å²) in [5.41, 5.74) is 1.72. The van der Waals surface area contributed by atoms with Gasteiger partial charge >= 0.3 is 5.97 Å². The van der Waals surface area contributed by atoms with E-state index in [9.17, 15) is 9.59 Å². The molecule has 0 fully saturated rings. The Balaban J connectivity index is 1.87. The number of carbonyl (C=O) groups is 2. The summed E-state index contributed by atoms with van der Waals surface area (Å²) in [6, 6.07) is 11.9. The summed E-state index contributed by atoms with van der Waals surface area (Å²) in [6.07, 6.45) is 1.32. The summed E-state index contributed by atoms with van der Waals surface area (Å²) in [6.45, 7) is 3.77. The fourth-order valence-corrected chi connectivity index (χ4v) is 3.87. The van der Waals surface area contributed by atoms with Crippen LogP contribution in [0.3, 0.4) is 0 Å². The average Bonchev–Trinajstić information content (AvgIpc) is 3.23. The third kappa shape index (κ3) is 4.42. The Morgan fingerprint density at radius 3 is 2.65 bits per heavy atom. The van der Waals surface area contributed by atoms with Gasteiger partial charge in [-0.1, -0.05) is 35.3 Å². The molecule has 0 radical (unpaired) electrons. The number of carbonyl (C=O) groups excluding carboxylic acids is 2. The van der Waals surface area contributed by atoms with E-state index in [1.807, 2.05) is 19.1 Å². The fourth-order valence-electron chi connectivity index (χ4n) is 3.49. The van der Waals surface area contributed by atoms with Crippen LogP contribution in [0.4, 0.5) is 5.82 Å². The fraction of sp³-hybridized carbons (Fsp3) is 0.167. The Kier molecular flexibility index (Phi) is 6.72. The quantitative estimate of drug-likeness (QED) is 0.354. The number of ether oxygens (including phenoxy) is 2. The Hall–Kier alpha value is -3.62. The second-order valence-electron chi connectivity index (χ2n) is 7.27. The van der Waals surface area contributed by atoms with Crippen LogP contribution in [0.15, 0.2) is 48.7 Å². The van der Waals surface area contributed by atoms with E-state index in [2.05, 4.69) is 10.4 Å². The first-order valence-electron chi connectivity index (χ1n) is 10.3. The summed E-state index contributed by atoms with van der Waals surface area (Å²) in [5.74, 6) is -0.180. The number of hydrogen-bond acceptors (Lipinski definition) is 6. The molecular formula is C24H20Cl2N4O4. The molecule has 2 aromatic carbocycles. The Bertz CT molecular complexity index is 1420.